The number of hydrogen-bond donors (Lipinski definition) is 0. The number of carbonyl (C=O) groups excluding carboxylic acids is 1. The van der Waals surface area contributed by atoms with Crippen LogP contribution < -0.4 is 4.74 Å². The Hall–Kier alpha value is -2.23. The third kappa shape index (κ3) is 2.31. The van der Waals surface area contributed by atoms with Crippen molar-refractivity contribution >= 4 is 5.78 Å². The number of para-hydroxylation sites is 1. The van der Waals surface area contributed by atoms with Gasteiger partial charge in [-0.25, -0.2) is 4.98 Å². The van der Waals surface area contributed by atoms with Gasteiger partial charge in [0.1, 0.15) is 5.75 Å². The summed E-state index contributed by atoms with van der Waals surface area (Å²) in [5, 5.41) is 0. The second kappa shape index (κ2) is 4.95. The molecule has 0 fully saturated rings. The molecule has 4 heteroatoms. The van der Waals surface area contributed by atoms with E-state index >= 15 is 0 Å². The van der Waals surface area contributed by atoms with Crippen LogP contribution in [-0.4, -0.2) is 17.4 Å². The molecule has 1 atom stereocenters. The quantitative estimate of drug-likeness (QED) is 0.794. The van der Waals surface area contributed by atoms with Gasteiger partial charge in [0, 0.05) is 11.6 Å². The molecule has 1 aromatic heterocycles. The van der Waals surface area contributed by atoms with Crippen LogP contribution in [0.5, 0.6) is 5.75 Å². The third-order valence-electron chi connectivity index (χ3n) is 4.22. The Kier molecular flexibility index (Phi) is 3.24. The van der Waals surface area contributed by atoms with Gasteiger partial charge < -0.3 is 4.74 Å². The van der Waals surface area contributed by atoms with Gasteiger partial charge in [0.2, 0.25) is 5.95 Å². The molecule has 0 bridgehead atoms. The van der Waals surface area contributed by atoms with Gasteiger partial charge in [-0.05, 0) is 29.8 Å². The van der Waals surface area contributed by atoms with Crippen molar-refractivity contribution in [3.8, 4) is 5.75 Å². The number of ether oxygens (including phenoxy) is 1. The molecule has 108 valence electrons. The molecule has 2 aromatic rings. The summed E-state index contributed by atoms with van der Waals surface area (Å²) in [4.78, 5) is 16.3. The van der Waals surface area contributed by atoms with E-state index in [9.17, 15) is 9.18 Å². The summed E-state index contributed by atoms with van der Waals surface area (Å²) in [6, 6.07) is 10.4. The Bertz CT molecular complexity index is 697. The van der Waals surface area contributed by atoms with Crippen molar-refractivity contribution in [3.05, 3.63) is 59.7 Å². The predicted molar refractivity (Wildman–Crippen MR) is 77.0 cm³/mol. The molecule has 1 unspecified atom stereocenters. The predicted octanol–water partition coefficient (Wildman–Crippen LogP) is 3.39. The highest BCUT2D eigenvalue weighted by Crippen LogP contribution is 2.38. The van der Waals surface area contributed by atoms with Gasteiger partial charge in [-0.3, -0.25) is 4.79 Å². The summed E-state index contributed by atoms with van der Waals surface area (Å²) in [7, 11) is 0. The van der Waals surface area contributed by atoms with Crippen LogP contribution in [0.2, 0.25) is 0 Å². The van der Waals surface area contributed by atoms with Crippen LogP contribution in [0.1, 0.15) is 29.8 Å². The van der Waals surface area contributed by atoms with E-state index in [1.807, 2.05) is 26.0 Å². The fraction of sp³-hybridized carbons (Fsp3) is 0.294. The minimum absolute atomic E-state index is 0.0408. The van der Waals surface area contributed by atoms with E-state index in [0.29, 0.717) is 17.9 Å². The molecule has 21 heavy (non-hydrogen) atoms. The smallest absolute Gasteiger partial charge is 0.213 e. The van der Waals surface area contributed by atoms with Gasteiger partial charge in [0.25, 0.3) is 0 Å². The molecule has 0 saturated carbocycles. The number of benzene rings is 1. The summed E-state index contributed by atoms with van der Waals surface area (Å²) in [6.45, 7) is 4.16. The number of fused-ring (bicyclic) bond motifs is 1. The molecule has 0 spiro atoms. The highest BCUT2D eigenvalue weighted by Gasteiger charge is 2.41. The molecule has 3 nitrogen and oxygen atoms in total. The number of nitrogens with zero attached hydrogens (tertiary/aromatic N) is 1. The molecular weight excluding hydrogens is 269 g/mol. The van der Waals surface area contributed by atoms with Gasteiger partial charge in [0.15, 0.2) is 5.78 Å². The van der Waals surface area contributed by atoms with Crippen LogP contribution in [0.3, 0.4) is 0 Å². The van der Waals surface area contributed by atoms with Crippen LogP contribution in [0.25, 0.3) is 0 Å². The van der Waals surface area contributed by atoms with E-state index in [-0.39, 0.29) is 11.7 Å². The number of halogens is 1. The van der Waals surface area contributed by atoms with Gasteiger partial charge >= 0.3 is 0 Å². The molecule has 0 radical (unpaired) electrons. The van der Waals surface area contributed by atoms with E-state index in [4.69, 9.17) is 4.74 Å². The van der Waals surface area contributed by atoms with Crippen molar-refractivity contribution in [1.29, 1.82) is 0 Å². The average molecular weight is 285 g/mol. The van der Waals surface area contributed by atoms with Crippen LogP contribution in [0.4, 0.5) is 4.39 Å². The minimum atomic E-state index is -0.537. The molecule has 1 aliphatic rings. The van der Waals surface area contributed by atoms with E-state index < -0.39 is 11.4 Å². The number of pyridine rings is 1. The summed E-state index contributed by atoms with van der Waals surface area (Å²) in [5.74, 6) is -0.228. The molecule has 2 heterocycles. The SMILES string of the molecule is CC(C)(c1ccnc(F)c1)C1COc2ccccc2C1=O. The number of aromatic nitrogens is 1. The van der Waals surface area contributed by atoms with E-state index in [2.05, 4.69) is 4.98 Å². The van der Waals surface area contributed by atoms with Gasteiger partial charge in [-0.1, -0.05) is 26.0 Å². The van der Waals surface area contributed by atoms with Gasteiger partial charge in [-0.15, -0.1) is 0 Å². The molecule has 1 aromatic carbocycles. The number of hydrogen-bond acceptors (Lipinski definition) is 3. The molecule has 1 aliphatic heterocycles. The monoisotopic (exact) mass is 285 g/mol. The number of Topliss-reactive ketones (excluding diaryl/α,β-unsaturated/α-hetero) is 1. The van der Waals surface area contributed by atoms with Crippen molar-refractivity contribution in [3.63, 3.8) is 0 Å². The molecule has 0 aliphatic carbocycles. The number of rotatable bonds is 2. The standard InChI is InChI=1S/C17H16FNO2/c1-17(2,11-7-8-19-15(18)9-11)13-10-21-14-6-4-3-5-12(14)16(13)20/h3-9,13H,10H2,1-2H3. The van der Waals surface area contributed by atoms with Crippen molar-refractivity contribution in [2.24, 2.45) is 5.92 Å². The van der Waals surface area contributed by atoms with Crippen molar-refractivity contribution in [2.45, 2.75) is 19.3 Å². The lowest BCUT2D eigenvalue weighted by atomic mass is 9.70. The summed E-state index contributed by atoms with van der Waals surface area (Å²) >= 11 is 0. The van der Waals surface area contributed by atoms with Crippen LogP contribution >= 0.6 is 0 Å². The fourth-order valence-electron chi connectivity index (χ4n) is 2.77. The Morgan fingerprint density at radius 2 is 2.05 bits per heavy atom. The lowest BCUT2D eigenvalue weighted by Gasteiger charge is -2.36. The highest BCUT2D eigenvalue weighted by atomic mass is 19.1. The number of ketones is 1. The van der Waals surface area contributed by atoms with Gasteiger partial charge in [0.05, 0.1) is 18.1 Å². The molecular formula is C17H16FNO2. The van der Waals surface area contributed by atoms with Gasteiger partial charge in [-0.2, -0.15) is 4.39 Å². The lowest BCUT2D eigenvalue weighted by molar-refractivity contribution is 0.0736. The molecule has 0 saturated heterocycles. The first kappa shape index (κ1) is 13.7. The third-order valence-corrected chi connectivity index (χ3v) is 4.22. The lowest BCUT2D eigenvalue weighted by Crippen LogP contribution is -2.41. The zero-order valence-electron chi connectivity index (χ0n) is 12.0. The van der Waals surface area contributed by atoms with E-state index in [1.54, 1.807) is 18.2 Å². The Balaban J connectivity index is 1.99. The topological polar surface area (TPSA) is 39.2 Å². The van der Waals surface area contributed by atoms with Crippen LogP contribution in [0, 0.1) is 11.9 Å². The second-order valence-electron chi connectivity index (χ2n) is 5.81. The molecule has 0 N–H and O–H groups in total. The maximum atomic E-state index is 13.4. The zero-order chi connectivity index (χ0) is 15.0. The Morgan fingerprint density at radius 1 is 1.29 bits per heavy atom. The fourth-order valence-corrected chi connectivity index (χ4v) is 2.77. The molecule has 3 rings (SSSR count). The van der Waals surface area contributed by atoms with Crippen molar-refractivity contribution < 1.29 is 13.9 Å². The van der Waals surface area contributed by atoms with E-state index in [0.717, 1.165) is 5.56 Å². The first-order chi connectivity index (χ1) is 10.00. The Morgan fingerprint density at radius 3 is 2.81 bits per heavy atom. The van der Waals surface area contributed by atoms with Crippen LogP contribution in [-0.2, 0) is 5.41 Å². The summed E-state index contributed by atoms with van der Waals surface area (Å²) in [5.41, 5.74) is 0.807. The number of carbonyl (C=O) groups is 1. The Labute approximate surface area is 122 Å². The molecule has 0 amide bonds. The maximum Gasteiger partial charge on any atom is 0.213 e. The maximum absolute atomic E-state index is 13.4. The van der Waals surface area contributed by atoms with Crippen LogP contribution in [0.15, 0.2) is 42.6 Å². The largest absolute Gasteiger partial charge is 0.492 e. The average Bonchev–Trinajstić information content (AvgIpc) is 2.47. The zero-order valence-corrected chi connectivity index (χ0v) is 12.0. The normalized spacial score (nSPS) is 18.0. The second-order valence-corrected chi connectivity index (χ2v) is 5.81. The van der Waals surface area contributed by atoms with Crippen molar-refractivity contribution in [1.82, 2.24) is 4.98 Å². The first-order valence-electron chi connectivity index (χ1n) is 6.88. The summed E-state index contributed by atoms with van der Waals surface area (Å²) in [6.07, 6.45) is 1.43. The van der Waals surface area contributed by atoms with Crippen molar-refractivity contribution in [2.75, 3.05) is 6.61 Å². The highest BCUT2D eigenvalue weighted by molar-refractivity contribution is 6.02. The minimum Gasteiger partial charge on any atom is -0.492 e. The first-order valence-corrected chi connectivity index (χ1v) is 6.88. The summed E-state index contributed by atoms with van der Waals surface area (Å²) < 4.78 is 19.1. The van der Waals surface area contributed by atoms with E-state index in [1.165, 1.54) is 12.3 Å².